The predicted molar refractivity (Wildman–Crippen MR) is 83.4 cm³/mol. The first-order valence-corrected chi connectivity index (χ1v) is 7.10. The fourth-order valence-electron chi connectivity index (χ4n) is 1.60. The van der Waals surface area contributed by atoms with Crippen molar-refractivity contribution in [3.05, 3.63) is 35.4 Å². The first-order chi connectivity index (χ1) is 10.7. The van der Waals surface area contributed by atoms with E-state index in [4.69, 9.17) is 4.74 Å². The Morgan fingerprint density at radius 2 is 2.09 bits per heavy atom. The molecule has 1 N–H and O–H groups in total. The molecule has 126 valence electrons. The minimum Gasteiger partial charge on any atom is -0.465 e. The van der Waals surface area contributed by atoms with Gasteiger partial charge in [0.15, 0.2) is 0 Å². The molecule has 0 atom stereocenters. The number of carbonyl (C=O) groups excluding carboxylic acids is 2. The molecule has 0 saturated heterocycles. The summed E-state index contributed by atoms with van der Waals surface area (Å²) in [7, 11) is 1.17. The van der Waals surface area contributed by atoms with Gasteiger partial charge in [-0.2, -0.15) is 4.39 Å². The SMILES string of the molecule is COC(=O)c1cc(C=CCCNC(=O)OC(C)(C)C)cnc1F. The van der Waals surface area contributed by atoms with Crippen molar-refractivity contribution in [2.45, 2.75) is 32.8 Å². The molecule has 0 aliphatic rings. The standard InChI is InChI=1S/C16H21FN2O4/c1-16(2,3)23-15(21)18-8-6-5-7-11-9-12(14(20)22-4)13(17)19-10-11/h5,7,9-10H,6,8H2,1-4H3,(H,18,21). The molecule has 23 heavy (non-hydrogen) atoms. The molecule has 0 radical (unpaired) electrons. The molecule has 6 nitrogen and oxygen atoms in total. The van der Waals surface area contributed by atoms with Gasteiger partial charge in [-0.25, -0.2) is 14.6 Å². The van der Waals surface area contributed by atoms with Gasteiger partial charge in [0.05, 0.1) is 7.11 Å². The molecule has 0 bridgehead atoms. The molecule has 0 spiro atoms. The number of pyridine rings is 1. The first-order valence-electron chi connectivity index (χ1n) is 7.10. The molecule has 1 amide bonds. The fraction of sp³-hybridized carbons (Fsp3) is 0.438. The van der Waals surface area contributed by atoms with Crippen LogP contribution in [0, 0.1) is 5.95 Å². The summed E-state index contributed by atoms with van der Waals surface area (Å²) >= 11 is 0. The molecule has 7 heteroatoms. The highest BCUT2D eigenvalue weighted by atomic mass is 19.1. The van der Waals surface area contributed by atoms with Crippen molar-refractivity contribution in [3.63, 3.8) is 0 Å². The highest BCUT2D eigenvalue weighted by molar-refractivity contribution is 5.89. The molecule has 1 rings (SSSR count). The number of rotatable bonds is 5. The average molecular weight is 324 g/mol. The molecule has 0 aliphatic heterocycles. The average Bonchev–Trinajstić information content (AvgIpc) is 2.45. The third-order valence-electron chi connectivity index (χ3n) is 2.56. The van der Waals surface area contributed by atoms with Gasteiger partial charge < -0.3 is 14.8 Å². The topological polar surface area (TPSA) is 77.5 Å². The maximum Gasteiger partial charge on any atom is 0.407 e. The van der Waals surface area contributed by atoms with E-state index in [0.29, 0.717) is 18.5 Å². The van der Waals surface area contributed by atoms with Crippen LogP contribution in [0.5, 0.6) is 0 Å². The summed E-state index contributed by atoms with van der Waals surface area (Å²) < 4.78 is 22.9. The largest absolute Gasteiger partial charge is 0.465 e. The highest BCUT2D eigenvalue weighted by Crippen LogP contribution is 2.11. The summed E-state index contributed by atoms with van der Waals surface area (Å²) in [6.45, 7) is 5.75. The molecule has 0 fully saturated rings. The van der Waals surface area contributed by atoms with Crippen molar-refractivity contribution < 1.29 is 23.5 Å². The number of aromatic nitrogens is 1. The summed E-state index contributed by atoms with van der Waals surface area (Å²) in [5.41, 5.74) is -0.199. The number of nitrogens with one attached hydrogen (secondary N) is 1. The summed E-state index contributed by atoms with van der Waals surface area (Å²) in [5, 5.41) is 2.61. The van der Waals surface area contributed by atoms with Gasteiger partial charge in [0.25, 0.3) is 0 Å². The van der Waals surface area contributed by atoms with E-state index in [1.807, 2.05) is 0 Å². The lowest BCUT2D eigenvalue weighted by atomic mass is 10.2. The molecule has 1 aromatic rings. The van der Waals surface area contributed by atoms with E-state index in [9.17, 15) is 14.0 Å². The zero-order valence-electron chi connectivity index (χ0n) is 13.7. The van der Waals surface area contributed by atoms with Gasteiger partial charge in [0.1, 0.15) is 11.2 Å². The molecular formula is C16H21FN2O4. The van der Waals surface area contributed by atoms with Crippen LogP contribution >= 0.6 is 0 Å². The van der Waals surface area contributed by atoms with Crippen molar-refractivity contribution in [2.24, 2.45) is 0 Å². The number of hydrogen-bond donors (Lipinski definition) is 1. The van der Waals surface area contributed by atoms with E-state index >= 15 is 0 Å². The third kappa shape index (κ3) is 6.90. The number of hydrogen-bond acceptors (Lipinski definition) is 5. The normalized spacial score (nSPS) is 11.3. The monoisotopic (exact) mass is 324 g/mol. The Balaban J connectivity index is 2.50. The van der Waals surface area contributed by atoms with Crippen molar-refractivity contribution in [3.8, 4) is 0 Å². The Hall–Kier alpha value is -2.44. The van der Waals surface area contributed by atoms with Crippen LogP contribution in [0.15, 0.2) is 18.3 Å². The van der Waals surface area contributed by atoms with E-state index in [2.05, 4.69) is 15.0 Å². The Morgan fingerprint density at radius 1 is 1.39 bits per heavy atom. The Labute approximate surface area is 134 Å². The second-order valence-electron chi connectivity index (χ2n) is 5.72. The maximum absolute atomic E-state index is 13.4. The minimum absolute atomic E-state index is 0.221. The molecule has 0 unspecified atom stereocenters. The van der Waals surface area contributed by atoms with E-state index in [-0.39, 0.29) is 5.56 Å². The Morgan fingerprint density at radius 3 is 2.70 bits per heavy atom. The molecule has 0 aliphatic carbocycles. The van der Waals surface area contributed by atoms with Gasteiger partial charge in [0.2, 0.25) is 5.95 Å². The second kappa shape index (κ2) is 8.26. The summed E-state index contributed by atoms with van der Waals surface area (Å²) in [5.74, 6) is -1.66. The summed E-state index contributed by atoms with van der Waals surface area (Å²) in [6.07, 6.45) is 4.81. The zero-order chi connectivity index (χ0) is 17.5. The van der Waals surface area contributed by atoms with Gasteiger partial charge in [0, 0.05) is 12.7 Å². The number of nitrogens with zero attached hydrogens (tertiary/aromatic N) is 1. The van der Waals surface area contributed by atoms with Gasteiger partial charge in [-0.3, -0.25) is 0 Å². The van der Waals surface area contributed by atoms with E-state index < -0.39 is 23.6 Å². The van der Waals surface area contributed by atoms with Crippen LogP contribution in [0.4, 0.5) is 9.18 Å². The molecule has 1 heterocycles. The van der Waals surface area contributed by atoms with Crippen molar-refractivity contribution in [1.82, 2.24) is 10.3 Å². The van der Waals surface area contributed by atoms with Gasteiger partial charge in [-0.1, -0.05) is 12.2 Å². The van der Waals surface area contributed by atoms with Crippen molar-refractivity contribution >= 4 is 18.1 Å². The molecule has 1 aromatic heterocycles. The van der Waals surface area contributed by atoms with Crippen LogP contribution in [-0.2, 0) is 9.47 Å². The van der Waals surface area contributed by atoms with E-state index in [1.165, 1.54) is 19.4 Å². The number of halogens is 1. The van der Waals surface area contributed by atoms with Crippen molar-refractivity contribution in [1.29, 1.82) is 0 Å². The van der Waals surface area contributed by atoms with Crippen LogP contribution in [0.3, 0.4) is 0 Å². The van der Waals surface area contributed by atoms with Crippen molar-refractivity contribution in [2.75, 3.05) is 13.7 Å². The van der Waals surface area contributed by atoms with Gasteiger partial charge in [-0.05, 0) is 38.8 Å². The fourth-order valence-corrected chi connectivity index (χ4v) is 1.60. The predicted octanol–water partition coefficient (Wildman–Crippen LogP) is 2.94. The quantitative estimate of drug-likeness (QED) is 0.512. The van der Waals surface area contributed by atoms with Crippen LogP contribution in [-0.4, -0.2) is 36.3 Å². The highest BCUT2D eigenvalue weighted by Gasteiger charge is 2.15. The number of carbonyl (C=O) groups is 2. The third-order valence-corrected chi connectivity index (χ3v) is 2.56. The molecule has 0 aromatic carbocycles. The number of esters is 1. The molecule has 0 saturated carbocycles. The number of methoxy groups -OCH3 is 1. The van der Waals surface area contributed by atoms with E-state index in [1.54, 1.807) is 32.9 Å². The Kier molecular flexibility index (Phi) is 6.68. The lowest BCUT2D eigenvalue weighted by Crippen LogP contribution is -2.32. The summed E-state index contributed by atoms with van der Waals surface area (Å²) in [6, 6.07) is 1.35. The number of amides is 1. The second-order valence-corrected chi connectivity index (χ2v) is 5.72. The lowest BCUT2D eigenvalue weighted by molar-refractivity contribution is 0.0527. The van der Waals surface area contributed by atoms with Gasteiger partial charge in [-0.15, -0.1) is 0 Å². The van der Waals surface area contributed by atoms with Gasteiger partial charge >= 0.3 is 12.1 Å². The number of ether oxygens (including phenoxy) is 2. The molecular weight excluding hydrogens is 303 g/mol. The van der Waals surface area contributed by atoms with Crippen LogP contribution in [0.25, 0.3) is 6.08 Å². The maximum atomic E-state index is 13.4. The zero-order valence-corrected chi connectivity index (χ0v) is 13.7. The first kappa shape index (κ1) is 18.6. The lowest BCUT2D eigenvalue weighted by Gasteiger charge is -2.19. The number of alkyl carbamates (subject to hydrolysis) is 1. The van der Waals surface area contributed by atoms with Crippen LogP contribution in [0.2, 0.25) is 0 Å². The van der Waals surface area contributed by atoms with E-state index in [0.717, 1.165) is 0 Å². The Bertz CT molecular complexity index is 594. The summed E-state index contributed by atoms with van der Waals surface area (Å²) in [4.78, 5) is 26.3. The van der Waals surface area contributed by atoms with Crippen LogP contribution in [0.1, 0.15) is 43.1 Å². The smallest absolute Gasteiger partial charge is 0.407 e. The minimum atomic E-state index is -0.874. The van der Waals surface area contributed by atoms with Crippen LogP contribution < -0.4 is 5.32 Å².